The summed E-state index contributed by atoms with van der Waals surface area (Å²) in [5, 5.41) is 6.94. The fourth-order valence-corrected chi connectivity index (χ4v) is 2.71. The van der Waals surface area contributed by atoms with Crippen molar-refractivity contribution in [2.45, 2.75) is 18.9 Å². The zero-order valence-electron chi connectivity index (χ0n) is 10.4. The first-order valence-corrected chi connectivity index (χ1v) is 6.89. The van der Waals surface area contributed by atoms with Crippen molar-refractivity contribution >= 4 is 11.3 Å². The van der Waals surface area contributed by atoms with Crippen LogP contribution in [0, 0.1) is 17.5 Å². The maximum atomic E-state index is 13.7. The van der Waals surface area contributed by atoms with E-state index in [2.05, 4.69) is 5.32 Å². The normalized spacial score (nSPS) is 12.6. The maximum absolute atomic E-state index is 13.7. The van der Waals surface area contributed by atoms with Gasteiger partial charge in [0, 0.05) is 11.6 Å². The summed E-state index contributed by atoms with van der Waals surface area (Å²) in [6.07, 6.45) is 1.38. The smallest absolute Gasteiger partial charge is 0.194 e. The van der Waals surface area contributed by atoms with Gasteiger partial charge in [0.05, 0.1) is 0 Å². The Kier molecular flexibility index (Phi) is 4.61. The molecule has 2 aromatic rings. The van der Waals surface area contributed by atoms with Crippen LogP contribution >= 0.6 is 11.3 Å². The number of aryl methyl sites for hydroxylation is 1. The topological polar surface area (TPSA) is 12.0 Å². The molecule has 0 fully saturated rings. The summed E-state index contributed by atoms with van der Waals surface area (Å²) in [7, 11) is 1.68. The highest BCUT2D eigenvalue weighted by Gasteiger charge is 2.19. The molecule has 1 nitrogen and oxygen atoms in total. The first kappa shape index (κ1) is 14.1. The minimum Gasteiger partial charge on any atom is -0.313 e. The molecule has 1 N–H and O–H groups in total. The van der Waals surface area contributed by atoms with Gasteiger partial charge < -0.3 is 5.32 Å². The second-order valence-corrected chi connectivity index (χ2v) is 5.06. The van der Waals surface area contributed by atoms with Gasteiger partial charge in [-0.05, 0) is 48.3 Å². The predicted molar refractivity (Wildman–Crippen MR) is 70.8 cm³/mol. The Hall–Kier alpha value is -1.33. The zero-order valence-corrected chi connectivity index (χ0v) is 11.2. The number of rotatable bonds is 5. The molecule has 2 rings (SSSR count). The number of nitrogens with one attached hydrogen (secondary N) is 1. The summed E-state index contributed by atoms with van der Waals surface area (Å²) >= 11 is 1.60. The Morgan fingerprint density at radius 2 is 1.95 bits per heavy atom. The summed E-state index contributed by atoms with van der Waals surface area (Å²) < 4.78 is 39.8. The second-order valence-electron chi connectivity index (χ2n) is 4.28. The van der Waals surface area contributed by atoms with Crippen molar-refractivity contribution in [2.24, 2.45) is 0 Å². The SMILES string of the molecule is CNC(CCc1ccsc1)c1ccc(F)c(F)c1F. The lowest BCUT2D eigenvalue weighted by Gasteiger charge is -2.17. The zero-order chi connectivity index (χ0) is 13.8. The van der Waals surface area contributed by atoms with Crippen LogP contribution in [0.25, 0.3) is 0 Å². The van der Waals surface area contributed by atoms with Crippen LogP contribution < -0.4 is 5.32 Å². The van der Waals surface area contributed by atoms with Crippen LogP contribution in [0.4, 0.5) is 13.2 Å². The molecule has 102 valence electrons. The predicted octanol–water partition coefficient (Wildman–Crippen LogP) is 4.06. The second kappa shape index (κ2) is 6.21. The van der Waals surface area contributed by atoms with Gasteiger partial charge in [0.15, 0.2) is 17.5 Å². The molecule has 0 amide bonds. The van der Waals surface area contributed by atoms with Crippen molar-refractivity contribution in [3.8, 4) is 0 Å². The molecule has 0 saturated heterocycles. The molecule has 19 heavy (non-hydrogen) atoms. The molecule has 0 aliphatic carbocycles. The molecule has 1 aromatic heterocycles. The Bertz CT molecular complexity index is 540. The van der Waals surface area contributed by atoms with E-state index < -0.39 is 17.5 Å². The van der Waals surface area contributed by atoms with Crippen molar-refractivity contribution in [1.82, 2.24) is 5.32 Å². The lowest BCUT2D eigenvalue weighted by atomic mass is 9.99. The minimum absolute atomic E-state index is 0.164. The van der Waals surface area contributed by atoms with Crippen LogP contribution in [0.5, 0.6) is 0 Å². The van der Waals surface area contributed by atoms with Crippen molar-refractivity contribution < 1.29 is 13.2 Å². The van der Waals surface area contributed by atoms with E-state index in [-0.39, 0.29) is 11.6 Å². The van der Waals surface area contributed by atoms with Gasteiger partial charge >= 0.3 is 0 Å². The van der Waals surface area contributed by atoms with Crippen molar-refractivity contribution in [3.63, 3.8) is 0 Å². The average Bonchev–Trinajstić information content (AvgIpc) is 2.92. The first-order valence-electron chi connectivity index (χ1n) is 5.95. The Labute approximate surface area is 114 Å². The molecule has 0 spiro atoms. The monoisotopic (exact) mass is 285 g/mol. The van der Waals surface area contributed by atoms with Gasteiger partial charge in [-0.25, -0.2) is 13.2 Å². The van der Waals surface area contributed by atoms with Crippen LogP contribution in [-0.2, 0) is 6.42 Å². The fourth-order valence-electron chi connectivity index (χ4n) is 2.01. The molecule has 0 saturated carbocycles. The molecule has 1 unspecified atom stereocenters. The average molecular weight is 285 g/mol. The molecule has 5 heteroatoms. The van der Waals surface area contributed by atoms with Crippen LogP contribution in [0.3, 0.4) is 0 Å². The third kappa shape index (κ3) is 3.16. The van der Waals surface area contributed by atoms with Gasteiger partial charge in [-0.15, -0.1) is 0 Å². The Morgan fingerprint density at radius 1 is 1.16 bits per heavy atom. The summed E-state index contributed by atoms with van der Waals surface area (Å²) in [6.45, 7) is 0. The van der Waals surface area contributed by atoms with E-state index in [9.17, 15) is 13.2 Å². The van der Waals surface area contributed by atoms with Gasteiger partial charge in [-0.2, -0.15) is 11.3 Å². The van der Waals surface area contributed by atoms with E-state index in [1.54, 1.807) is 18.4 Å². The summed E-state index contributed by atoms with van der Waals surface area (Å²) in [5.74, 6) is -3.67. The summed E-state index contributed by atoms with van der Waals surface area (Å²) in [5.41, 5.74) is 1.32. The number of benzene rings is 1. The van der Waals surface area contributed by atoms with Crippen molar-refractivity contribution in [1.29, 1.82) is 0 Å². The molecular weight excluding hydrogens is 271 g/mol. The Morgan fingerprint density at radius 3 is 2.58 bits per heavy atom. The molecular formula is C14H14F3NS. The molecule has 1 heterocycles. The highest BCUT2D eigenvalue weighted by atomic mass is 32.1. The first-order chi connectivity index (χ1) is 9.13. The van der Waals surface area contributed by atoms with Crippen molar-refractivity contribution in [3.05, 3.63) is 57.5 Å². The minimum atomic E-state index is -1.41. The number of hydrogen-bond donors (Lipinski definition) is 1. The third-order valence-electron chi connectivity index (χ3n) is 3.09. The number of hydrogen-bond acceptors (Lipinski definition) is 2. The summed E-state index contributed by atoms with van der Waals surface area (Å²) in [6, 6.07) is 3.92. The van der Waals surface area contributed by atoms with Gasteiger partial charge in [0.2, 0.25) is 0 Å². The van der Waals surface area contributed by atoms with E-state index in [1.165, 1.54) is 6.07 Å². The Balaban J connectivity index is 2.15. The van der Waals surface area contributed by atoms with E-state index >= 15 is 0 Å². The lowest BCUT2D eigenvalue weighted by Crippen LogP contribution is -2.19. The maximum Gasteiger partial charge on any atom is 0.194 e. The molecule has 1 atom stereocenters. The molecule has 1 aromatic carbocycles. The van der Waals surface area contributed by atoms with E-state index in [1.807, 2.05) is 16.8 Å². The number of thiophene rings is 1. The third-order valence-corrected chi connectivity index (χ3v) is 3.82. The quantitative estimate of drug-likeness (QED) is 0.817. The van der Waals surface area contributed by atoms with E-state index in [0.717, 1.165) is 18.1 Å². The van der Waals surface area contributed by atoms with E-state index in [4.69, 9.17) is 0 Å². The highest BCUT2D eigenvalue weighted by molar-refractivity contribution is 7.07. The van der Waals surface area contributed by atoms with Crippen LogP contribution in [0.1, 0.15) is 23.6 Å². The van der Waals surface area contributed by atoms with Gasteiger partial charge in [-0.3, -0.25) is 0 Å². The molecule has 0 aliphatic heterocycles. The summed E-state index contributed by atoms with van der Waals surface area (Å²) in [4.78, 5) is 0. The van der Waals surface area contributed by atoms with Gasteiger partial charge in [-0.1, -0.05) is 6.07 Å². The van der Waals surface area contributed by atoms with Gasteiger partial charge in [0.1, 0.15) is 0 Å². The van der Waals surface area contributed by atoms with Crippen LogP contribution in [-0.4, -0.2) is 7.05 Å². The van der Waals surface area contributed by atoms with Crippen LogP contribution in [0.2, 0.25) is 0 Å². The van der Waals surface area contributed by atoms with E-state index in [0.29, 0.717) is 6.42 Å². The molecule has 0 aliphatic rings. The molecule has 0 bridgehead atoms. The van der Waals surface area contributed by atoms with Crippen molar-refractivity contribution in [2.75, 3.05) is 7.05 Å². The van der Waals surface area contributed by atoms with Crippen LogP contribution in [0.15, 0.2) is 29.0 Å². The number of halogens is 3. The standard InChI is InChI=1S/C14H14F3NS/c1-18-12(5-2-9-6-7-19-8-9)10-3-4-11(15)14(17)13(10)16/h3-4,6-8,12,18H,2,5H2,1H3. The largest absolute Gasteiger partial charge is 0.313 e. The molecule has 0 radical (unpaired) electrons. The lowest BCUT2D eigenvalue weighted by molar-refractivity contribution is 0.424. The fraction of sp³-hybridized carbons (Fsp3) is 0.286. The highest BCUT2D eigenvalue weighted by Crippen LogP contribution is 2.25. The van der Waals surface area contributed by atoms with Gasteiger partial charge in [0.25, 0.3) is 0 Å².